The van der Waals surface area contributed by atoms with Gasteiger partial charge in [-0.1, -0.05) is 36.4 Å². The molecular formula is C20H23NO5. The van der Waals surface area contributed by atoms with E-state index < -0.39 is 5.97 Å². The summed E-state index contributed by atoms with van der Waals surface area (Å²) in [5.41, 5.74) is 1.66. The van der Waals surface area contributed by atoms with E-state index in [1.54, 1.807) is 18.2 Å². The van der Waals surface area contributed by atoms with Crippen molar-refractivity contribution in [2.75, 3.05) is 27.3 Å². The number of methoxy groups -OCH3 is 2. The Bertz CT molecular complexity index is 723. The van der Waals surface area contributed by atoms with Crippen molar-refractivity contribution < 1.29 is 24.2 Å². The van der Waals surface area contributed by atoms with E-state index in [-0.39, 0.29) is 18.9 Å². The number of amides is 1. The predicted molar refractivity (Wildman–Crippen MR) is 97.6 cm³/mol. The SMILES string of the molecule is COc1cccc(OC)c1CC(=O)N(CCc1ccccc1)CC(=O)O. The molecule has 6 heteroatoms. The summed E-state index contributed by atoms with van der Waals surface area (Å²) in [6.07, 6.45) is 0.595. The number of carboxylic acid groups (broad SMARTS) is 1. The van der Waals surface area contributed by atoms with E-state index in [1.807, 2.05) is 30.3 Å². The number of carbonyl (C=O) groups excluding carboxylic acids is 1. The van der Waals surface area contributed by atoms with E-state index in [2.05, 4.69) is 0 Å². The molecule has 0 radical (unpaired) electrons. The minimum atomic E-state index is -1.04. The van der Waals surface area contributed by atoms with Crippen molar-refractivity contribution >= 4 is 11.9 Å². The second kappa shape index (κ2) is 9.46. The first-order valence-corrected chi connectivity index (χ1v) is 8.28. The molecule has 1 N–H and O–H groups in total. The Labute approximate surface area is 153 Å². The van der Waals surface area contributed by atoms with Crippen LogP contribution >= 0.6 is 0 Å². The molecule has 2 aromatic carbocycles. The van der Waals surface area contributed by atoms with Crippen molar-refractivity contribution in [1.82, 2.24) is 4.90 Å². The molecule has 0 saturated carbocycles. The summed E-state index contributed by atoms with van der Waals surface area (Å²) < 4.78 is 10.6. The fourth-order valence-corrected chi connectivity index (χ4v) is 2.73. The molecule has 0 bridgehead atoms. The Morgan fingerprint density at radius 1 is 0.962 bits per heavy atom. The van der Waals surface area contributed by atoms with Crippen LogP contribution in [0.2, 0.25) is 0 Å². The molecule has 138 valence electrons. The highest BCUT2D eigenvalue weighted by atomic mass is 16.5. The second-order valence-corrected chi connectivity index (χ2v) is 5.76. The lowest BCUT2D eigenvalue weighted by atomic mass is 10.1. The zero-order valence-corrected chi connectivity index (χ0v) is 15.0. The molecule has 2 aromatic rings. The Hall–Kier alpha value is -3.02. The quantitative estimate of drug-likeness (QED) is 0.746. The maximum Gasteiger partial charge on any atom is 0.323 e. The van der Waals surface area contributed by atoms with E-state index in [9.17, 15) is 9.59 Å². The van der Waals surface area contributed by atoms with E-state index >= 15 is 0 Å². The van der Waals surface area contributed by atoms with Crippen molar-refractivity contribution in [2.45, 2.75) is 12.8 Å². The van der Waals surface area contributed by atoms with Crippen LogP contribution < -0.4 is 9.47 Å². The van der Waals surface area contributed by atoms with Crippen LogP contribution in [0.4, 0.5) is 0 Å². The number of hydrogen-bond donors (Lipinski definition) is 1. The lowest BCUT2D eigenvalue weighted by Gasteiger charge is -2.22. The van der Waals surface area contributed by atoms with Gasteiger partial charge >= 0.3 is 5.97 Å². The molecule has 2 rings (SSSR count). The molecule has 26 heavy (non-hydrogen) atoms. The molecule has 0 atom stereocenters. The number of ether oxygens (including phenoxy) is 2. The van der Waals surface area contributed by atoms with Crippen molar-refractivity contribution in [3.8, 4) is 11.5 Å². The van der Waals surface area contributed by atoms with Crippen LogP contribution in [0, 0.1) is 0 Å². The second-order valence-electron chi connectivity index (χ2n) is 5.76. The van der Waals surface area contributed by atoms with Gasteiger partial charge in [-0.15, -0.1) is 0 Å². The molecule has 1 amide bonds. The standard InChI is InChI=1S/C20H23NO5/c1-25-17-9-6-10-18(26-2)16(17)13-19(22)21(14-20(23)24)12-11-15-7-4-3-5-8-15/h3-10H,11-14H2,1-2H3,(H,23,24). The number of benzene rings is 2. The van der Waals surface area contributed by atoms with Gasteiger partial charge in [0.2, 0.25) is 5.91 Å². The van der Waals surface area contributed by atoms with E-state index in [0.717, 1.165) is 5.56 Å². The highest BCUT2D eigenvalue weighted by molar-refractivity contribution is 5.84. The van der Waals surface area contributed by atoms with Crippen molar-refractivity contribution in [3.63, 3.8) is 0 Å². The normalized spacial score (nSPS) is 10.2. The zero-order valence-electron chi connectivity index (χ0n) is 15.0. The lowest BCUT2D eigenvalue weighted by Crippen LogP contribution is -2.38. The van der Waals surface area contributed by atoms with Gasteiger partial charge in [0.1, 0.15) is 18.0 Å². The number of rotatable bonds is 9. The van der Waals surface area contributed by atoms with Crippen molar-refractivity contribution in [2.24, 2.45) is 0 Å². The minimum absolute atomic E-state index is 0.00918. The zero-order chi connectivity index (χ0) is 18.9. The first-order valence-electron chi connectivity index (χ1n) is 8.28. The Morgan fingerprint density at radius 2 is 1.58 bits per heavy atom. The van der Waals surface area contributed by atoms with Gasteiger partial charge < -0.3 is 19.5 Å². The summed E-state index contributed by atoms with van der Waals surface area (Å²) in [6.45, 7) is -0.0181. The van der Waals surface area contributed by atoms with E-state index in [1.165, 1.54) is 19.1 Å². The number of aliphatic carboxylic acids is 1. The minimum Gasteiger partial charge on any atom is -0.496 e. The van der Waals surface area contributed by atoms with Gasteiger partial charge in [-0.25, -0.2) is 0 Å². The Balaban J connectivity index is 2.15. The highest BCUT2D eigenvalue weighted by Crippen LogP contribution is 2.29. The van der Waals surface area contributed by atoms with Gasteiger partial charge in [-0.2, -0.15) is 0 Å². The van der Waals surface area contributed by atoms with Gasteiger partial charge in [0.15, 0.2) is 0 Å². The molecule has 0 heterocycles. The molecule has 0 fully saturated rings. The van der Waals surface area contributed by atoms with Gasteiger partial charge in [0, 0.05) is 12.1 Å². The average molecular weight is 357 g/mol. The topological polar surface area (TPSA) is 76.1 Å². The van der Waals surface area contributed by atoms with Crippen LogP contribution in [-0.2, 0) is 22.4 Å². The van der Waals surface area contributed by atoms with Crippen LogP contribution in [0.5, 0.6) is 11.5 Å². The molecule has 6 nitrogen and oxygen atoms in total. The Morgan fingerprint density at radius 3 is 2.12 bits per heavy atom. The maximum absolute atomic E-state index is 12.8. The van der Waals surface area contributed by atoms with Gasteiger partial charge in [0.05, 0.1) is 20.6 Å². The molecule has 0 aliphatic rings. The number of carbonyl (C=O) groups is 2. The summed E-state index contributed by atoms with van der Waals surface area (Å²) in [4.78, 5) is 25.3. The van der Waals surface area contributed by atoms with E-state index in [4.69, 9.17) is 14.6 Å². The van der Waals surface area contributed by atoms with Crippen LogP contribution in [-0.4, -0.2) is 49.2 Å². The van der Waals surface area contributed by atoms with Crippen LogP contribution in [0.15, 0.2) is 48.5 Å². The van der Waals surface area contributed by atoms with E-state index in [0.29, 0.717) is 30.0 Å². The molecule has 0 spiro atoms. The lowest BCUT2D eigenvalue weighted by molar-refractivity contribution is -0.144. The summed E-state index contributed by atoms with van der Waals surface area (Å²) in [5.74, 6) is -0.253. The first-order chi connectivity index (χ1) is 12.5. The Kier molecular flexibility index (Phi) is 7.02. The van der Waals surface area contributed by atoms with Gasteiger partial charge in [-0.05, 0) is 24.1 Å². The molecular weight excluding hydrogens is 334 g/mol. The largest absolute Gasteiger partial charge is 0.496 e. The monoisotopic (exact) mass is 357 g/mol. The average Bonchev–Trinajstić information content (AvgIpc) is 2.65. The molecule has 0 aromatic heterocycles. The number of nitrogens with zero attached hydrogens (tertiary/aromatic N) is 1. The third kappa shape index (κ3) is 5.24. The molecule has 0 unspecified atom stereocenters. The molecule has 0 aliphatic heterocycles. The third-order valence-electron chi connectivity index (χ3n) is 4.05. The van der Waals surface area contributed by atoms with Gasteiger partial charge in [0.25, 0.3) is 0 Å². The van der Waals surface area contributed by atoms with Crippen molar-refractivity contribution in [3.05, 3.63) is 59.7 Å². The fourth-order valence-electron chi connectivity index (χ4n) is 2.73. The summed E-state index contributed by atoms with van der Waals surface area (Å²) in [7, 11) is 3.04. The maximum atomic E-state index is 12.8. The van der Waals surface area contributed by atoms with Crippen LogP contribution in [0.3, 0.4) is 0 Å². The number of carboxylic acids is 1. The highest BCUT2D eigenvalue weighted by Gasteiger charge is 2.21. The predicted octanol–water partition coefficient (Wildman–Crippen LogP) is 2.40. The van der Waals surface area contributed by atoms with Crippen molar-refractivity contribution in [1.29, 1.82) is 0 Å². The summed E-state index contributed by atoms with van der Waals surface area (Å²) >= 11 is 0. The summed E-state index contributed by atoms with van der Waals surface area (Å²) in [6, 6.07) is 14.9. The summed E-state index contributed by atoms with van der Waals surface area (Å²) in [5, 5.41) is 9.15. The molecule has 0 saturated heterocycles. The third-order valence-corrected chi connectivity index (χ3v) is 4.05. The van der Waals surface area contributed by atoms with Crippen LogP contribution in [0.25, 0.3) is 0 Å². The smallest absolute Gasteiger partial charge is 0.323 e. The molecule has 0 aliphatic carbocycles. The fraction of sp³-hybridized carbons (Fsp3) is 0.300. The number of hydrogen-bond acceptors (Lipinski definition) is 4. The first kappa shape index (κ1) is 19.3. The van der Waals surface area contributed by atoms with Crippen LogP contribution in [0.1, 0.15) is 11.1 Å². The van der Waals surface area contributed by atoms with Gasteiger partial charge in [-0.3, -0.25) is 9.59 Å².